The molecule has 0 spiro atoms. The maximum Gasteiger partial charge on any atom is 0.122 e. The monoisotopic (exact) mass is 236 g/mol. The van der Waals surface area contributed by atoms with E-state index in [4.69, 9.17) is 9.47 Å². The Labute approximate surface area is 102 Å². The van der Waals surface area contributed by atoms with Crippen LogP contribution in [0.3, 0.4) is 0 Å². The maximum absolute atomic E-state index is 9.50. The maximum atomic E-state index is 9.50. The molecule has 0 aliphatic carbocycles. The molecule has 3 heteroatoms. The van der Waals surface area contributed by atoms with Crippen molar-refractivity contribution in [3.8, 4) is 5.75 Å². The van der Waals surface area contributed by atoms with E-state index in [1.54, 1.807) is 6.92 Å². The number of aryl methyl sites for hydroxylation is 1. The summed E-state index contributed by atoms with van der Waals surface area (Å²) in [6.45, 7) is 5.30. The lowest BCUT2D eigenvalue weighted by molar-refractivity contribution is 0.00713. The van der Waals surface area contributed by atoms with Gasteiger partial charge in [0.05, 0.1) is 12.7 Å². The zero-order chi connectivity index (χ0) is 12.3. The van der Waals surface area contributed by atoms with Crippen molar-refractivity contribution in [2.75, 3.05) is 13.2 Å². The van der Waals surface area contributed by atoms with Crippen molar-refractivity contribution in [2.45, 2.75) is 38.9 Å². The number of rotatable bonds is 3. The Morgan fingerprint density at radius 1 is 1.47 bits per heavy atom. The van der Waals surface area contributed by atoms with Crippen molar-refractivity contribution < 1.29 is 14.6 Å². The molecule has 17 heavy (non-hydrogen) atoms. The van der Waals surface area contributed by atoms with E-state index in [-0.39, 0.29) is 6.10 Å². The second-order valence-corrected chi connectivity index (χ2v) is 4.66. The summed E-state index contributed by atoms with van der Waals surface area (Å²) in [6.07, 6.45) is 1.85. The SMILES string of the molecule is Cc1cc([C@@H](C)O)ccc1OC1CCCOC1. The molecule has 0 aromatic heterocycles. The number of aliphatic hydroxyl groups excluding tert-OH is 1. The fourth-order valence-electron chi connectivity index (χ4n) is 2.05. The molecule has 0 bridgehead atoms. The van der Waals surface area contributed by atoms with Crippen LogP contribution in [0.25, 0.3) is 0 Å². The van der Waals surface area contributed by atoms with Gasteiger partial charge < -0.3 is 14.6 Å². The molecule has 0 radical (unpaired) electrons. The lowest BCUT2D eigenvalue weighted by atomic mass is 10.1. The van der Waals surface area contributed by atoms with E-state index in [1.807, 2.05) is 25.1 Å². The Balaban J connectivity index is 2.05. The van der Waals surface area contributed by atoms with Crippen LogP contribution in [0.15, 0.2) is 18.2 Å². The Hall–Kier alpha value is -1.06. The summed E-state index contributed by atoms with van der Waals surface area (Å²) in [5.74, 6) is 0.893. The Morgan fingerprint density at radius 2 is 2.29 bits per heavy atom. The van der Waals surface area contributed by atoms with Crippen LogP contribution >= 0.6 is 0 Å². The third kappa shape index (κ3) is 3.20. The van der Waals surface area contributed by atoms with E-state index in [0.29, 0.717) is 6.61 Å². The molecule has 0 saturated carbocycles. The van der Waals surface area contributed by atoms with Crippen molar-refractivity contribution in [3.63, 3.8) is 0 Å². The summed E-state index contributed by atoms with van der Waals surface area (Å²) in [5.41, 5.74) is 1.99. The standard InChI is InChI=1S/C14H20O3/c1-10-8-12(11(2)15)5-6-14(10)17-13-4-3-7-16-9-13/h5-6,8,11,13,15H,3-4,7,9H2,1-2H3/t11-,13?/m1/s1. The van der Waals surface area contributed by atoms with Gasteiger partial charge in [0.2, 0.25) is 0 Å². The highest BCUT2D eigenvalue weighted by Crippen LogP contribution is 2.25. The van der Waals surface area contributed by atoms with E-state index >= 15 is 0 Å². The molecule has 1 unspecified atom stereocenters. The number of hydrogen-bond donors (Lipinski definition) is 1. The van der Waals surface area contributed by atoms with Crippen LogP contribution in [0, 0.1) is 6.92 Å². The summed E-state index contributed by atoms with van der Waals surface area (Å²) < 4.78 is 11.3. The normalized spacial score (nSPS) is 22.2. The molecule has 1 saturated heterocycles. The average molecular weight is 236 g/mol. The Morgan fingerprint density at radius 3 is 2.88 bits per heavy atom. The van der Waals surface area contributed by atoms with Crippen molar-refractivity contribution in [1.29, 1.82) is 0 Å². The highest BCUT2D eigenvalue weighted by Gasteiger charge is 2.16. The van der Waals surface area contributed by atoms with Gasteiger partial charge in [-0.05, 0) is 49.9 Å². The van der Waals surface area contributed by atoms with E-state index in [1.165, 1.54) is 0 Å². The fourth-order valence-corrected chi connectivity index (χ4v) is 2.05. The van der Waals surface area contributed by atoms with Crippen LogP contribution in [0.2, 0.25) is 0 Å². The third-order valence-electron chi connectivity index (χ3n) is 3.09. The molecule has 1 aliphatic rings. The van der Waals surface area contributed by atoms with Gasteiger partial charge in [-0.15, -0.1) is 0 Å². The number of benzene rings is 1. The van der Waals surface area contributed by atoms with Crippen molar-refractivity contribution in [3.05, 3.63) is 29.3 Å². The minimum Gasteiger partial charge on any atom is -0.488 e. The van der Waals surface area contributed by atoms with Crippen LogP contribution in [-0.2, 0) is 4.74 Å². The summed E-state index contributed by atoms with van der Waals surface area (Å²) in [6, 6.07) is 5.83. The van der Waals surface area contributed by atoms with Gasteiger partial charge in [-0.2, -0.15) is 0 Å². The average Bonchev–Trinajstić information content (AvgIpc) is 2.33. The van der Waals surface area contributed by atoms with Crippen LogP contribution in [0.4, 0.5) is 0 Å². The third-order valence-corrected chi connectivity index (χ3v) is 3.09. The quantitative estimate of drug-likeness (QED) is 0.876. The molecule has 0 amide bonds. The molecule has 1 aromatic rings. The van der Waals surface area contributed by atoms with Crippen molar-refractivity contribution in [2.24, 2.45) is 0 Å². The molecule has 2 atom stereocenters. The molecule has 1 heterocycles. The van der Waals surface area contributed by atoms with Gasteiger partial charge in [-0.25, -0.2) is 0 Å². The lowest BCUT2D eigenvalue weighted by Gasteiger charge is -2.24. The fraction of sp³-hybridized carbons (Fsp3) is 0.571. The Bertz CT molecular complexity index is 368. The first-order valence-electron chi connectivity index (χ1n) is 6.20. The second-order valence-electron chi connectivity index (χ2n) is 4.66. The molecule has 3 nitrogen and oxygen atoms in total. The second kappa shape index (κ2) is 5.52. The largest absolute Gasteiger partial charge is 0.488 e. The first-order chi connectivity index (χ1) is 8.16. The molecule has 1 fully saturated rings. The van der Waals surface area contributed by atoms with Gasteiger partial charge in [0.25, 0.3) is 0 Å². The van der Waals surface area contributed by atoms with Gasteiger partial charge in [0.1, 0.15) is 11.9 Å². The van der Waals surface area contributed by atoms with E-state index < -0.39 is 6.10 Å². The summed E-state index contributed by atoms with van der Waals surface area (Å²) in [4.78, 5) is 0. The number of ether oxygens (including phenoxy) is 2. The van der Waals surface area contributed by atoms with Gasteiger partial charge >= 0.3 is 0 Å². The molecule has 1 aliphatic heterocycles. The van der Waals surface area contributed by atoms with Crippen LogP contribution < -0.4 is 4.74 Å². The van der Waals surface area contributed by atoms with E-state index in [9.17, 15) is 5.11 Å². The lowest BCUT2D eigenvalue weighted by Crippen LogP contribution is -2.28. The highest BCUT2D eigenvalue weighted by atomic mass is 16.5. The summed E-state index contributed by atoms with van der Waals surface area (Å²) >= 11 is 0. The molecule has 94 valence electrons. The minimum atomic E-state index is -0.430. The predicted octanol–water partition coefficient (Wildman–Crippen LogP) is 2.61. The van der Waals surface area contributed by atoms with E-state index in [0.717, 1.165) is 36.3 Å². The molecular formula is C14H20O3. The molecule has 1 aromatic carbocycles. The smallest absolute Gasteiger partial charge is 0.122 e. The predicted molar refractivity (Wildman–Crippen MR) is 66.3 cm³/mol. The highest BCUT2D eigenvalue weighted by molar-refractivity contribution is 5.37. The van der Waals surface area contributed by atoms with Gasteiger partial charge in [-0.1, -0.05) is 6.07 Å². The zero-order valence-electron chi connectivity index (χ0n) is 10.5. The Kier molecular flexibility index (Phi) is 4.02. The summed E-state index contributed by atoms with van der Waals surface area (Å²) in [5, 5.41) is 9.50. The van der Waals surface area contributed by atoms with Gasteiger partial charge in [-0.3, -0.25) is 0 Å². The summed E-state index contributed by atoms with van der Waals surface area (Å²) in [7, 11) is 0. The minimum absolute atomic E-state index is 0.167. The first-order valence-corrected chi connectivity index (χ1v) is 6.20. The van der Waals surface area contributed by atoms with Crippen molar-refractivity contribution >= 4 is 0 Å². The zero-order valence-corrected chi connectivity index (χ0v) is 10.5. The number of hydrogen-bond acceptors (Lipinski definition) is 3. The van der Waals surface area contributed by atoms with Gasteiger partial charge in [0.15, 0.2) is 0 Å². The molecular weight excluding hydrogens is 216 g/mol. The van der Waals surface area contributed by atoms with Crippen LogP contribution in [0.1, 0.15) is 37.0 Å². The van der Waals surface area contributed by atoms with Crippen LogP contribution in [-0.4, -0.2) is 24.4 Å². The molecule has 2 rings (SSSR count). The van der Waals surface area contributed by atoms with Gasteiger partial charge in [0, 0.05) is 6.61 Å². The topological polar surface area (TPSA) is 38.7 Å². The first kappa shape index (κ1) is 12.4. The van der Waals surface area contributed by atoms with Crippen molar-refractivity contribution in [1.82, 2.24) is 0 Å². The molecule has 1 N–H and O–H groups in total. The van der Waals surface area contributed by atoms with Crippen LogP contribution in [0.5, 0.6) is 5.75 Å². The van der Waals surface area contributed by atoms with E-state index in [2.05, 4.69) is 0 Å². The number of aliphatic hydroxyl groups is 1.